The Hall–Kier alpha value is -9.34. The van der Waals surface area contributed by atoms with E-state index in [1.807, 2.05) is 161 Å². The molecule has 0 spiro atoms. The summed E-state index contributed by atoms with van der Waals surface area (Å²) in [5, 5.41) is 48.7. The van der Waals surface area contributed by atoms with Crippen LogP contribution in [0.25, 0.3) is 32.2 Å². The number of oxazole rings is 1. The third kappa shape index (κ3) is 18.5. The molecule has 3 aliphatic rings. The summed E-state index contributed by atoms with van der Waals surface area (Å²) in [5.74, 6) is -0.943. The second kappa shape index (κ2) is 33.0. The van der Waals surface area contributed by atoms with E-state index >= 15 is 0 Å². The van der Waals surface area contributed by atoms with E-state index in [-0.39, 0.29) is 92.6 Å². The van der Waals surface area contributed by atoms with Crippen LogP contribution >= 0.6 is 22.7 Å². The summed E-state index contributed by atoms with van der Waals surface area (Å²) >= 11 is 3.14. The summed E-state index contributed by atoms with van der Waals surface area (Å²) in [6.45, 7) is 25.5. The molecule has 3 aromatic carbocycles. The molecule has 9 heterocycles. The third-order valence-electron chi connectivity index (χ3n) is 19.1. The highest BCUT2D eigenvalue weighted by Crippen LogP contribution is 2.42. The van der Waals surface area contributed by atoms with E-state index < -0.39 is 65.0 Å². The molecule has 12 rings (SSSR count). The number of amides is 5. The van der Waals surface area contributed by atoms with Crippen LogP contribution in [0.1, 0.15) is 181 Å². The van der Waals surface area contributed by atoms with Gasteiger partial charge in [0.05, 0.1) is 79.9 Å². The Morgan fingerprint density at radius 2 is 1.01 bits per heavy atom. The standard InChI is InChI=1S/C28H35N3O5.C26H32N4O4S.C23H26N4O4S/c1-16(19-7-9-20(10-8-19)26-18(3)29-15-35-26)11-23(33)22-13-21(32)14-31(22)27(34)25(28(4,5)6)24-12-17(2)30-36-24;1-15-10-21(34-29-15)23(26(3,4)5)25(33)30-13-19(31)11-20(30)24(32)28-16(2)17-6-8-18(9-7-17)22-12-27-14-35-22;1-3-18(20-8-14(2)26-31-20)23(30)27-12-17(28)9-19(27)22(29)25-10-15-4-6-16(7-5-15)21-11-24-13-32-21/h7-10,12,15-16,21-22,25,32H,11,13-14H2,1-6H3;6-10,12,14,16,19-20,23,31H,11,13H2,1-5H3,(H,28,32);4-8,11,13,17-19,28H,3,9-10,12H2,1-2H3,(H,25,29)/t16-,21-,22+,25-;16-,19+,20-,23+;17-,18-,19+/m101/s1. The highest BCUT2D eigenvalue weighted by atomic mass is 32.1. The number of nitrogens with zero attached hydrogens (tertiary/aromatic N) is 9. The molecular weight excluding hydrogens is 1350 g/mol. The van der Waals surface area contributed by atoms with E-state index in [1.165, 1.54) is 16.2 Å². The first-order chi connectivity index (χ1) is 48.9. The Labute approximate surface area is 607 Å². The summed E-state index contributed by atoms with van der Waals surface area (Å²) in [5.41, 5.74) is 11.6. The predicted octanol–water partition coefficient (Wildman–Crippen LogP) is 11.8. The zero-order chi connectivity index (χ0) is 74.2. The van der Waals surface area contributed by atoms with Gasteiger partial charge in [0.1, 0.15) is 41.2 Å². The first-order valence-corrected chi connectivity index (χ1v) is 36.5. The maximum absolute atomic E-state index is 13.8. The van der Waals surface area contributed by atoms with Crippen LogP contribution in [0.15, 0.2) is 139 Å². The van der Waals surface area contributed by atoms with Crippen LogP contribution in [-0.2, 0) is 35.3 Å². The van der Waals surface area contributed by atoms with Crippen LogP contribution in [0.3, 0.4) is 0 Å². The van der Waals surface area contributed by atoms with Crippen molar-refractivity contribution >= 4 is 58.0 Å². The third-order valence-corrected chi connectivity index (χ3v) is 20.7. The molecule has 0 unspecified atom stereocenters. The first-order valence-electron chi connectivity index (χ1n) is 34.8. The number of Topliss-reactive ketones (excluding diaryl/α,β-unsaturated/α-hetero) is 1. The number of ketones is 1. The molecular formula is C77H93N11O13S2. The number of aliphatic hydroxyl groups is 3. The van der Waals surface area contributed by atoms with Gasteiger partial charge in [-0.15, -0.1) is 22.7 Å². The fraction of sp³-hybridized carbons (Fsp3) is 0.455. The molecule has 3 aliphatic heterocycles. The highest BCUT2D eigenvalue weighted by molar-refractivity contribution is 7.13. The number of nitrogens with one attached hydrogen (secondary N) is 2. The second-order valence-electron chi connectivity index (χ2n) is 29.3. The Morgan fingerprint density at radius 1 is 0.573 bits per heavy atom. The molecule has 6 aromatic heterocycles. The molecule has 0 saturated carbocycles. The van der Waals surface area contributed by atoms with Gasteiger partial charge in [0, 0.05) is 88.0 Å². The Balaban J connectivity index is 0.000000166. The molecule has 5 amide bonds. The van der Waals surface area contributed by atoms with Crippen LogP contribution < -0.4 is 10.6 Å². The van der Waals surface area contributed by atoms with E-state index in [0.717, 1.165) is 54.6 Å². The minimum absolute atomic E-state index is 0.0487. The quantitative estimate of drug-likeness (QED) is 0.0473. The zero-order valence-electron chi connectivity index (χ0n) is 60.5. The van der Waals surface area contributed by atoms with Crippen molar-refractivity contribution in [3.8, 4) is 32.2 Å². The van der Waals surface area contributed by atoms with Crippen molar-refractivity contribution in [1.29, 1.82) is 0 Å². The lowest BCUT2D eigenvalue weighted by Crippen LogP contribution is -2.49. The van der Waals surface area contributed by atoms with Crippen molar-refractivity contribution < 1.29 is 62.1 Å². The van der Waals surface area contributed by atoms with E-state index in [1.54, 1.807) is 70.6 Å². The van der Waals surface area contributed by atoms with Gasteiger partial charge in [-0.1, -0.05) is 144 Å². The molecule has 0 aliphatic carbocycles. The molecule has 0 radical (unpaired) electrons. The topological polar surface area (TPSA) is 327 Å². The van der Waals surface area contributed by atoms with Crippen molar-refractivity contribution in [2.45, 2.75) is 195 Å². The van der Waals surface area contributed by atoms with Crippen molar-refractivity contribution in [2.75, 3.05) is 19.6 Å². The number of likely N-dealkylation sites (tertiary alicyclic amines) is 3. The number of aromatic nitrogens is 6. The highest BCUT2D eigenvalue weighted by Gasteiger charge is 2.48. The maximum Gasteiger partial charge on any atom is 0.243 e. The lowest BCUT2D eigenvalue weighted by Gasteiger charge is -2.33. The van der Waals surface area contributed by atoms with Gasteiger partial charge in [-0.3, -0.25) is 38.7 Å². The number of rotatable bonds is 20. The smallest absolute Gasteiger partial charge is 0.243 e. The van der Waals surface area contributed by atoms with E-state index in [4.69, 9.17) is 18.0 Å². The molecule has 9 aromatic rings. The summed E-state index contributed by atoms with van der Waals surface area (Å²) in [4.78, 5) is 99.4. The molecule has 3 saturated heterocycles. The van der Waals surface area contributed by atoms with Gasteiger partial charge in [0.15, 0.2) is 17.9 Å². The lowest BCUT2D eigenvalue weighted by molar-refractivity contribution is -0.142. The lowest BCUT2D eigenvalue weighted by atomic mass is 9.78. The molecule has 0 bridgehead atoms. The van der Waals surface area contributed by atoms with Crippen LogP contribution in [0, 0.1) is 38.5 Å². The van der Waals surface area contributed by atoms with Crippen LogP contribution in [0.4, 0.5) is 0 Å². The summed E-state index contributed by atoms with van der Waals surface area (Å²) in [7, 11) is 0. The monoisotopic (exact) mass is 1440 g/mol. The van der Waals surface area contributed by atoms with Gasteiger partial charge >= 0.3 is 0 Å². The van der Waals surface area contributed by atoms with Gasteiger partial charge in [-0.25, -0.2) is 4.98 Å². The Kier molecular flexibility index (Phi) is 24.4. The van der Waals surface area contributed by atoms with Gasteiger partial charge in [0.25, 0.3) is 0 Å². The average Bonchev–Trinajstić information content (AvgIpc) is 1.70. The number of hydrogen-bond acceptors (Lipinski definition) is 21. The number of benzene rings is 3. The molecule has 26 heteroatoms. The van der Waals surface area contributed by atoms with Crippen molar-refractivity contribution in [2.24, 2.45) is 10.8 Å². The molecule has 546 valence electrons. The van der Waals surface area contributed by atoms with Crippen molar-refractivity contribution in [1.82, 2.24) is 55.8 Å². The number of aryl methyl sites for hydroxylation is 4. The fourth-order valence-corrected chi connectivity index (χ4v) is 14.9. The fourth-order valence-electron chi connectivity index (χ4n) is 13.7. The number of β-amino-alcohol motifs (C(OH)–C–C–N with tert-alkyl or cyclic N) is 3. The molecule has 103 heavy (non-hydrogen) atoms. The molecule has 24 nitrogen and oxygen atoms in total. The average molecular weight is 1440 g/mol. The largest absolute Gasteiger partial charge is 0.443 e. The van der Waals surface area contributed by atoms with Gasteiger partial charge < -0.3 is 58.6 Å². The minimum atomic E-state index is -0.763. The normalized spacial score (nSPS) is 19.7. The summed E-state index contributed by atoms with van der Waals surface area (Å²) in [6.07, 6.45) is 4.28. The molecule has 5 N–H and O–H groups in total. The summed E-state index contributed by atoms with van der Waals surface area (Å²) < 4.78 is 21.7. The van der Waals surface area contributed by atoms with Gasteiger partial charge in [0.2, 0.25) is 29.5 Å². The van der Waals surface area contributed by atoms with Crippen molar-refractivity contribution in [3.05, 3.63) is 178 Å². The van der Waals surface area contributed by atoms with E-state index in [0.29, 0.717) is 47.3 Å². The van der Waals surface area contributed by atoms with Crippen LogP contribution in [0.2, 0.25) is 0 Å². The molecule has 11 atom stereocenters. The van der Waals surface area contributed by atoms with Crippen molar-refractivity contribution in [3.63, 3.8) is 0 Å². The number of carbonyl (C=O) groups excluding carboxylic acids is 6. The Bertz CT molecular complexity index is 4320. The van der Waals surface area contributed by atoms with Gasteiger partial charge in [-0.05, 0) is 85.6 Å². The minimum Gasteiger partial charge on any atom is -0.443 e. The predicted molar refractivity (Wildman–Crippen MR) is 388 cm³/mol. The molecule has 3 fully saturated rings. The first kappa shape index (κ1) is 76.3. The number of hydrogen-bond donors (Lipinski definition) is 5. The SMILES string of the molecule is CC[C@@H](C(=O)N1C[C@H](O)C[C@H]1C(=O)NCc1ccc(-c2cncs2)cc1)c1cc(C)no1.Cc1cc([C@H](C(=O)N2C[C@H](O)C[C@H]2C(=O)C[C@@H](C)c2ccc(-c3ocnc3C)cc2)C(C)(C)C)on1.Cc1cc([C@H](C(=O)N2C[C@H](O)C[C@H]2C(=O)N[C@@H](C)c2ccc(-c3cncs3)cc2)C(C)(C)C)on1. The van der Waals surface area contributed by atoms with Crippen LogP contribution in [0.5, 0.6) is 0 Å². The van der Waals surface area contributed by atoms with E-state index in [2.05, 4.69) is 41.1 Å². The summed E-state index contributed by atoms with van der Waals surface area (Å²) in [6, 6.07) is 26.7. The second-order valence-corrected chi connectivity index (χ2v) is 31.1. The number of thiazole rings is 2. The Morgan fingerprint density at radius 3 is 1.45 bits per heavy atom. The van der Waals surface area contributed by atoms with Crippen LogP contribution in [-0.4, -0.2) is 152 Å². The van der Waals surface area contributed by atoms with Gasteiger partial charge in [-0.2, -0.15) is 0 Å². The van der Waals surface area contributed by atoms with E-state index in [9.17, 15) is 44.1 Å². The number of carbonyl (C=O) groups is 6. The maximum atomic E-state index is 13.8. The zero-order valence-corrected chi connectivity index (χ0v) is 62.2. The number of aliphatic hydroxyl groups excluding tert-OH is 3.